The number of carbonyl (C=O) groups excluding carboxylic acids is 1. The molecule has 0 spiro atoms. The number of aldehydes is 1. The molecule has 0 aromatic heterocycles. The van der Waals surface area contributed by atoms with Crippen LogP contribution in [0.4, 0.5) is 0 Å². The van der Waals surface area contributed by atoms with E-state index in [0.717, 1.165) is 0 Å². The van der Waals surface area contributed by atoms with E-state index in [-0.39, 0.29) is 6.29 Å². The molecular weight excluding hydrogens is 776 g/mol. The minimum absolute atomic E-state index is 0.0952. The molecule has 26 nitrogen and oxygen atoms in total. The molecule has 0 aromatic rings. The van der Waals surface area contributed by atoms with Crippen LogP contribution in [0.15, 0.2) is 0 Å². The molecule has 0 bridgehead atoms. The summed E-state index contributed by atoms with van der Waals surface area (Å²) in [5.74, 6) is 0. The molecule has 4 rings (SSSR count). The molecule has 4 fully saturated rings. The van der Waals surface area contributed by atoms with Crippen molar-refractivity contribution in [3.05, 3.63) is 0 Å². The van der Waals surface area contributed by atoms with Crippen LogP contribution in [-0.4, -0.2) is 273 Å². The lowest BCUT2D eigenvalue weighted by Crippen LogP contribution is -2.66. The lowest BCUT2D eigenvalue weighted by molar-refractivity contribution is -0.374. The van der Waals surface area contributed by atoms with Gasteiger partial charge in [-0.15, -0.1) is 0 Å². The highest BCUT2D eigenvalue weighted by molar-refractivity contribution is 5.57. The van der Waals surface area contributed by atoms with Crippen LogP contribution in [0, 0.1) is 0 Å². The molecule has 24 atom stereocenters. The van der Waals surface area contributed by atoms with Gasteiger partial charge in [0.25, 0.3) is 0 Å². The third kappa shape index (κ3) is 9.99. The SMILES string of the molecule is O=C[C@H](O[C@H]1O[C@H](CO)[C@@H](O)[C@H](O)[C@H]1O)[C@@H](O[C@H]1O[C@H](CO)[C@@H](O)[C@H](O)[C@H]1O)[C@H](O[C@@H]1O[C@H](CO)[C@@H](O)[C@H](O)[C@H]1O)[C@@H](CO)O[C@H]1O[C@H](CO)[C@@H](O)[C@H](O)[C@H]1O. The highest BCUT2D eigenvalue weighted by Gasteiger charge is 2.54. The third-order valence-electron chi connectivity index (χ3n) is 9.90. The Hall–Kier alpha value is -1.33. The molecule has 0 unspecified atom stereocenters. The van der Waals surface area contributed by atoms with Crippen molar-refractivity contribution in [2.75, 3.05) is 33.0 Å². The molecule has 4 heterocycles. The van der Waals surface area contributed by atoms with Crippen molar-refractivity contribution in [3.63, 3.8) is 0 Å². The van der Waals surface area contributed by atoms with Crippen LogP contribution in [-0.2, 0) is 42.7 Å². The first-order valence-electron chi connectivity index (χ1n) is 17.4. The van der Waals surface area contributed by atoms with Gasteiger partial charge in [0, 0.05) is 0 Å². The van der Waals surface area contributed by atoms with Crippen molar-refractivity contribution in [2.24, 2.45) is 0 Å². The Bertz CT molecular complexity index is 1180. The molecule has 328 valence electrons. The molecule has 4 aliphatic rings. The first-order chi connectivity index (χ1) is 26.5. The van der Waals surface area contributed by atoms with E-state index >= 15 is 0 Å². The van der Waals surface area contributed by atoms with Gasteiger partial charge in [-0.05, 0) is 0 Å². The van der Waals surface area contributed by atoms with Crippen molar-refractivity contribution in [1.82, 2.24) is 0 Å². The Morgan fingerprint density at radius 1 is 0.393 bits per heavy atom. The van der Waals surface area contributed by atoms with Crippen LogP contribution in [0.2, 0.25) is 0 Å². The van der Waals surface area contributed by atoms with E-state index in [0.29, 0.717) is 0 Å². The van der Waals surface area contributed by atoms with Gasteiger partial charge in [-0.1, -0.05) is 0 Å². The summed E-state index contributed by atoms with van der Waals surface area (Å²) in [6.45, 7) is -5.23. The highest BCUT2D eigenvalue weighted by Crippen LogP contribution is 2.33. The molecule has 4 aliphatic heterocycles. The molecule has 0 amide bonds. The Balaban J connectivity index is 1.83. The summed E-state index contributed by atoms with van der Waals surface area (Å²) in [7, 11) is 0. The Kier molecular flexibility index (Phi) is 17.6. The first kappa shape index (κ1) is 47.3. The van der Waals surface area contributed by atoms with E-state index in [1.807, 2.05) is 0 Å². The van der Waals surface area contributed by atoms with Crippen LogP contribution < -0.4 is 0 Å². The van der Waals surface area contributed by atoms with Gasteiger partial charge in [-0.3, -0.25) is 0 Å². The molecule has 0 saturated carbocycles. The summed E-state index contributed by atoms with van der Waals surface area (Å²) < 4.78 is 44.5. The molecule has 0 aromatic carbocycles. The Morgan fingerprint density at radius 3 is 0.964 bits per heavy atom. The highest BCUT2D eigenvalue weighted by atomic mass is 16.8. The number of hydrogen-bond acceptors (Lipinski definition) is 26. The fourth-order valence-electron chi connectivity index (χ4n) is 6.49. The summed E-state index contributed by atoms with van der Waals surface area (Å²) in [4.78, 5) is 12.9. The topological polar surface area (TPSA) is 435 Å². The van der Waals surface area contributed by atoms with Gasteiger partial charge in [0.1, 0.15) is 122 Å². The molecule has 26 heteroatoms. The number of aliphatic hydroxyl groups excluding tert-OH is 17. The van der Waals surface area contributed by atoms with Crippen LogP contribution in [0.5, 0.6) is 0 Å². The van der Waals surface area contributed by atoms with Gasteiger partial charge in [0.2, 0.25) is 0 Å². The van der Waals surface area contributed by atoms with Gasteiger partial charge >= 0.3 is 0 Å². The molecule has 0 radical (unpaired) electrons. The maximum Gasteiger partial charge on any atom is 0.187 e. The predicted octanol–water partition coefficient (Wildman–Crippen LogP) is -12.1. The minimum Gasteiger partial charge on any atom is -0.394 e. The van der Waals surface area contributed by atoms with Gasteiger partial charge in [0.15, 0.2) is 31.4 Å². The number of aliphatic hydroxyl groups is 17. The zero-order valence-electron chi connectivity index (χ0n) is 29.2. The van der Waals surface area contributed by atoms with Crippen LogP contribution in [0.25, 0.3) is 0 Å². The normalized spacial score (nSPS) is 47.2. The smallest absolute Gasteiger partial charge is 0.187 e. The summed E-state index contributed by atoms with van der Waals surface area (Å²) in [6, 6.07) is 0. The summed E-state index contributed by atoms with van der Waals surface area (Å²) in [5, 5.41) is 176. The average molecular weight is 829 g/mol. The van der Waals surface area contributed by atoms with Crippen molar-refractivity contribution in [1.29, 1.82) is 0 Å². The van der Waals surface area contributed by atoms with Crippen molar-refractivity contribution < 1.29 is 130 Å². The van der Waals surface area contributed by atoms with Gasteiger partial charge in [0.05, 0.1) is 33.0 Å². The maximum atomic E-state index is 12.9. The standard InChI is InChI=1S/C30H52O26/c31-1-7-13(37)17(41)21(45)27(49-7)53-11(5-35)25(55-29-23(47)19(43)15(39)9(3-33)51-29)26(56-30-24(48)20(44)16(40)10(4-34)52-30)12(6-36)54-28-22(46)18(42)14(38)8(2-32)50-28/h5,7-34,36-48H,1-4,6H2/t7-,8-,9-,10-,11+,12-,13-,14-,15-,16-,17+,18+,19+,20+,21-,22-,23-,24-,25-,26-,27-,28-,29-,30+/m1/s1. The van der Waals surface area contributed by atoms with Crippen LogP contribution >= 0.6 is 0 Å². The second-order valence-corrected chi connectivity index (χ2v) is 13.6. The summed E-state index contributed by atoms with van der Waals surface area (Å²) in [5.41, 5.74) is 0. The fraction of sp³-hybridized carbons (Fsp3) is 0.967. The average Bonchev–Trinajstić information content (AvgIpc) is 3.20. The van der Waals surface area contributed by atoms with Crippen molar-refractivity contribution in [2.45, 2.75) is 147 Å². The van der Waals surface area contributed by atoms with Crippen LogP contribution in [0.3, 0.4) is 0 Å². The lowest BCUT2D eigenvalue weighted by atomic mass is 9.96. The van der Waals surface area contributed by atoms with Gasteiger partial charge in [-0.2, -0.15) is 0 Å². The zero-order valence-corrected chi connectivity index (χ0v) is 29.2. The molecule has 4 saturated heterocycles. The molecule has 56 heavy (non-hydrogen) atoms. The predicted molar refractivity (Wildman–Crippen MR) is 168 cm³/mol. The minimum atomic E-state index is -2.37. The lowest BCUT2D eigenvalue weighted by Gasteiger charge is -2.47. The third-order valence-corrected chi connectivity index (χ3v) is 9.90. The van der Waals surface area contributed by atoms with E-state index in [1.54, 1.807) is 0 Å². The first-order valence-corrected chi connectivity index (χ1v) is 17.4. The monoisotopic (exact) mass is 828 g/mol. The number of rotatable bonds is 17. The second kappa shape index (κ2) is 20.8. The fourth-order valence-corrected chi connectivity index (χ4v) is 6.49. The van der Waals surface area contributed by atoms with Crippen LogP contribution in [0.1, 0.15) is 0 Å². The van der Waals surface area contributed by atoms with Gasteiger partial charge in [-0.25, -0.2) is 0 Å². The largest absolute Gasteiger partial charge is 0.394 e. The number of ether oxygens (including phenoxy) is 8. The maximum absolute atomic E-state index is 12.9. The summed E-state index contributed by atoms with van der Waals surface area (Å²) in [6.07, 6.45) is -49.4. The second-order valence-electron chi connectivity index (χ2n) is 13.6. The Labute approximate surface area is 316 Å². The van der Waals surface area contributed by atoms with Crippen molar-refractivity contribution in [3.8, 4) is 0 Å². The zero-order chi connectivity index (χ0) is 41.8. The molecular formula is C30H52O26. The quantitative estimate of drug-likeness (QED) is 0.0605. The number of carbonyl (C=O) groups is 1. The van der Waals surface area contributed by atoms with Crippen molar-refractivity contribution >= 4 is 6.29 Å². The van der Waals surface area contributed by atoms with E-state index in [4.69, 9.17) is 37.9 Å². The summed E-state index contributed by atoms with van der Waals surface area (Å²) >= 11 is 0. The van der Waals surface area contributed by atoms with Gasteiger partial charge < -0.3 is 130 Å². The van der Waals surface area contributed by atoms with E-state index < -0.39 is 180 Å². The number of hydrogen-bond donors (Lipinski definition) is 17. The Morgan fingerprint density at radius 2 is 0.679 bits per heavy atom. The van der Waals surface area contributed by atoms with E-state index in [2.05, 4.69) is 0 Å². The molecule has 0 aliphatic carbocycles. The van der Waals surface area contributed by atoms with E-state index in [9.17, 15) is 91.6 Å². The van der Waals surface area contributed by atoms with E-state index in [1.165, 1.54) is 0 Å². The molecule has 17 N–H and O–H groups in total.